The molecule has 1 heterocycles. The van der Waals surface area contributed by atoms with E-state index in [1.807, 2.05) is 0 Å². The molecule has 2 heteroatoms. The van der Waals surface area contributed by atoms with E-state index in [2.05, 4.69) is 60.8 Å². The number of hydrogen-bond acceptors (Lipinski definition) is 2. The van der Waals surface area contributed by atoms with Gasteiger partial charge in [0.25, 0.3) is 0 Å². The Morgan fingerprint density at radius 2 is 1.83 bits per heavy atom. The van der Waals surface area contributed by atoms with Crippen molar-refractivity contribution in [3.8, 4) is 0 Å². The van der Waals surface area contributed by atoms with Gasteiger partial charge in [-0.3, -0.25) is 0 Å². The molecule has 0 aliphatic rings. The monoisotopic (exact) mass is 253 g/mol. The summed E-state index contributed by atoms with van der Waals surface area (Å²) in [7, 11) is 0. The molecule has 0 saturated heterocycles. The van der Waals surface area contributed by atoms with Crippen LogP contribution in [0.1, 0.15) is 22.0 Å². The predicted octanol–water partition coefficient (Wildman–Crippen LogP) is 4.26. The smallest absolute Gasteiger partial charge is 0.0654 e. The average molecular weight is 253 g/mol. The highest BCUT2D eigenvalue weighted by molar-refractivity contribution is 7.10. The van der Waals surface area contributed by atoms with Crippen LogP contribution >= 0.6 is 11.3 Å². The zero-order valence-corrected chi connectivity index (χ0v) is 11.1. The van der Waals surface area contributed by atoms with Crippen LogP contribution in [0.15, 0.2) is 53.9 Å². The Bertz CT molecular complexity index is 671. The lowest BCUT2D eigenvalue weighted by atomic mass is 9.94. The van der Waals surface area contributed by atoms with Gasteiger partial charge in [-0.1, -0.05) is 42.5 Å². The van der Waals surface area contributed by atoms with Crippen molar-refractivity contribution in [3.63, 3.8) is 0 Å². The van der Waals surface area contributed by atoms with Gasteiger partial charge < -0.3 is 5.73 Å². The van der Waals surface area contributed by atoms with Crippen LogP contribution in [-0.4, -0.2) is 0 Å². The van der Waals surface area contributed by atoms with Crippen molar-refractivity contribution in [1.29, 1.82) is 0 Å². The lowest BCUT2D eigenvalue weighted by molar-refractivity contribution is 0.893. The maximum absolute atomic E-state index is 6.44. The van der Waals surface area contributed by atoms with Crippen molar-refractivity contribution in [2.75, 3.05) is 0 Å². The molecule has 0 saturated carbocycles. The summed E-state index contributed by atoms with van der Waals surface area (Å²) in [5, 5.41) is 4.60. The van der Waals surface area contributed by atoms with E-state index in [0.717, 1.165) is 0 Å². The molecule has 0 aliphatic carbocycles. The predicted molar refractivity (Wildman–Crippen MR) is 79.0 cm³/mol. The summed E-state index contributed by atoms with van der Waals surface area (Å²) in [5.74, 6) is 0. The zero-order chi connectivity index (χ0) is 12.5. The van der Waals surface area contributed by atoms with Crippen molar-refractivity contribution in [3.05, 3.63) is 69.9 Å². The Labute approximate surface area is 111 Å². The molecular weight excluding hydrogens is 238 g/mol. The van der Waals surface area contributed by atoms with Gasteiger partial charge in [-0.05, 0) is 40.3 Å². The van der Waals surface area contributed by atoms with Crippen LogP contribution < -0.4 is 5.73 Å². The first kappa shape index (κ1) is 11.5. The van der Waals surface area contributed by atoms with Gasteiger partial charge in [0.15, 0.2) is 0 Å². The Hall–Kier alpha value is -1.64. The van der Waals surface area contributed by atoms with E-state index in [1.165, 1.54) is 26.8 Å². The number of nitrogens with two attached hydrogens (primary N) is 1. The third kappa shape index (κ3) is 1.84. The molecule has 1 atom stereocenters. The summed E-state index contributed by atoms with van der Waals surface area (Å²) < 4.78 is 0. The van der Waals surface area contributed by atoms with E-state index in [0.29, 0.717) is 0 Å². The van der Waals surface area contributed by atoms with E-state index in [-0.39, 0.29) is 6.04 Å². The Morgan fingerprint density at radius 3 is 2.61 bits per heavy atom. The number of hydrogen-bond donors (Lipinski definition) is 1. The Kier molecular flexibility index (Phi) is 2.90. The number of fused-ring (bicyclic) bond motifs is 1. The van der Waals surface area contributed by atoms with Gasteiger partial charge in [0.1, 0.15) is 0 Å². The molecule has 0 spiro atoms. The van der Waals surface area contributed by atoms with Crippen molar-refractivity contribution in [2.24, 2.45) is 5.73 Å². The van der Waals surface area contributed by atoms with Crippen molar-refractivity contribution in [1.82, 2.24) is 0 Å². The van der Waals surface area contributed by atoms with Gasteiger partial charge in [-0.15, -0.1) is 11.3 Å². The maximum atomic E-state index is 6.44. The van der Waals surface area contributed by atoms with Crippen LogP contribution in [0.4, 0.5) is 0 Å². The first-order chi connectivity index (χ1) is 8.77. The molecule has 3 rings (SSSR count). The summed E-state index contributed by atoms with van der Waals surface area (Å²) >= 11 is 1.72. The minimum atomic E-state index is -0.0314. The fourth-order valence-corrected chi connectivity index (χ4v) is 3.16. The molecule has 1 unspecified atom stereocenters. The summed E-state index contributed by atoms with van der Waals surface area (Å²) in [5.41, 5.74) is 8.94. The first-order valence-corrected chi connectivity index (χ1v) is 6.92. The topological polar surface area (TPSA) is 26.0 Å². The minimum Gasteiger partial charge on any atom is -0.320 e. The highest BCUT2D eigenvalue weighted by Crippen LogP contribution is 2.31. The maximum Gasteiger partial charge on any atom is 0.0654 e. The highest BCUT2D eigenvalue weighted by Gasteiger charge is 2.15. The van der Waals surface area contributed by atoms with Crippen LogP contribution in [0.3, 0.4) is 0 Å². The van der Waals surface area contributed by atoms with Gasteiger partial charge in [0, 0.05) is 4.88 Å². The van der Waals surface area contributed by atoms with Crippen molar-refractivity contribution >= 4 is 22.1 Å². The molecule has 18 heavy (non-hydrogen) atoms. The SMILES string of the molecule is Cc1ccc2ccccc2c1C(N)c1cccs1. The fourth-order valence-electron chi connectivity index (χ4n) is 2.43. The van der Waals surface area contributed by atoms with Crippen molar-refractivity contribution < 1.29 is 0 Å². The average Bonchev–Trinajstić information content (AvgIpc) is 2.92. The second-order valence-electron chi connectivity index (χ2n) is 4.51. The van der Waals surface area contributed by atoms with Crippen LogP contribution in [0, 0.1) is 6.92 Å². The highest BCUT2D eigenvalue weighted by atomic mass is 32.1. The third-order valence-corrected chi connectivity index (χ3v) is 4.30. The van der Waals surface area contributed by atoms with E-state index in [4.69, 9.17) is 5.73 Å². The van der Waals surface area contributed by atoms with Crippen LogP contribution in [0.25, 0.3) is 10.8 Å². The van der Waals surface area contributed by atoms with E-state index >= 15 is 0 Å². The summed E-state index contributed by atoms with van der Waals surface area (Å²) in [6.07, 6.45) is 0. The van der Waals surface area contributed by atoms with Gasteiger partial charge in [0.2, 0.25) is 0 Å². The molecule has 0 amide bonds. The molecule has 0 fully saturated rings. The molecule has 1 aromatic heterocycles. The van der Waals surface area contributed by atoms with Crippen LogP contribution in [0.2, 0.25) is 0 Å². The quantitative estimate of drug-likeness (QED) is 0.725. The first-order valence-electron chi connectivity index (χ1n) is 6.04. The molecule has 90 valence electrons. The van der Waals surface area contributed by atoms with Crippen molar-refractivity contribution in [2.45, 2.75) is 13.0 Å². The molecule has 0 aliphatic heterocycles. The molecular formula is C16H15NS. The van der Waals surface area contributed by atoms with E-state index < -0.39 is 0 Å². The largest absolute Gasteiger partial charge is 0.320 e. The van der Waals surface area contributed by atoms with E-state index in [9.17, 15) is 0 Å². The lowest BCUT2D eigenvalue weighted by Gasteiger charge is -2.16. The van der Waals surface area contributed by atoms with Gasteiger partial charge in [0.05, 0.1) is 6.04 Å². The van der Waals surface area contributed by atoms with Crippen LogP contribution in [0.5, 0.6) is 0 Å². The summed E-state index contributed by atoms with van der Waals surface area (Å²) in [4.78, 5) is 1.22. The normalized spacial score (nSPS) is 12.8. The molecule has 0 bridgehead atoms. The van der Waals surface area contributed by atoms with E-state index in [1.54, 1.807) is 11.3 Å². The molecule has 3 aromatic rings. The summed E-state index contributed by atoms with van der Waals surface area (Å²) in [6, 6.07) is 16.9. The Balaban J connectivity index is 2.24. The second kappa shape index (κ2) is 4.56. The molecule has 0 radical (unpaired) electrons. The van der Waals surface area contributed by atoms with Gasteiger partial charge in [-0.2, -0.15) is 0 Å². The summed E-state index contributed by atoms with van der Waals surface area (Å²) in [6.45, 7) is 2.13. The zero-order valence-electron chi connectivity index (χ0n) is 10.3. The Morgan fingerprint density at radius 1 is 1.00 bits per heavy atom. The lowest BCUT2D eigenvalue weighted by Crippen LogP contribution is -2.12. The molecule has 2 N–H and O–H groups in total. The number of thiophene rings is 1. The standard InChI is InChI=1S/C16H15NS/c1-11-8-9-12-5-2-3-6-13(12)15(11)16(17)14-7-4-10-18-14/h2-10,16H,17H2,1H3. The second-order valence-corrected chi connectivity index (χ2v) is 5.49. The van der Waals surface area contributed by atoms with Gasteiger partial charge in [-0.25, -0.2) is 0 Å². The number of rotatable bonds is 2. The van der Waals surface area contributed by atoms with Crippen LogP contribution in [-0.2, 0) is 0 Å². The number of benzene rings is 2. The van der Waals surface area contributed by atoms with Gasteiger partial charge >= 0.3 is 0 Å². The molecule has 1 nitrogen and oxygen atoms in total. The molecule has 2 aromatic carbocycles. The third-order valence-electron chi connectivity index (χ3n) is 3.35. The fraction of sp³-hybridized carbons (Fsp3) is 0.125. The number of aryl methyl sites for hydroxylation is 1. The minimum absolute atomic E-state index is 0.0314.